The number of aliphatic hydroxyl groups is 2. The maximum absolute atomic E-state index is 10.7. The van der Waals surface area contributed by atoms with Crippen LogP contribution in [0.4, 0.5) is 0 Å². The van der Waals surface area contributed by atoms with E-state index >= 15 is 0 Å². The molecule has 6 heteroatoms. The van der Waals surface area contributed by atoms with Crippen molar-refractivity contribution in [3.05, 3.63) is 0 Å². The van der Waals surface area contributed by atoms with Gasteiger partial charge in [-0.15, -0.1) is 0 Å². The molecule has 0 aromatic rings. The molecule has 0 aromatic heterocycles. The lowest BCUT2D eigenvalue weighted by Gasteiger charge is -2.43. The second kappa shape index (κ2) is 8.04. The predicted octanol–water partition coefficient (Wildman–Crippen LogP) is 1.18. The van der Waals surface area contributed by atoms with E-state index in [9.17, 15) is 10.2 Å². The molecule has 0 aliphatic rings. The van der Waals surface area contributed by atoms with Crippen LogP contribution in [0.5, 0.6) is 0 Å². The fraction of sp³-hybridized carbons (Fsp3) is 0.917. The van der Waals surface area contributed by atoms with Crippen LogP contribution in [0.25, 0.3) is 0 Å². The molecule has 0 saturated heterocycles. The Labute approximate surface area is 111 Å². The van der Waals surface area contributed by atoms with Gasteiger partial charge < -0.3 is 20.7 Å². The highest BCUT2D eigenvalue weighted by atomic mass is 31.1. The zero-order valence-corrected chi connectivity index (χ0v) is 12.5. The quantitative estimate of drug-likeness (QED) is 0.351. The Morgan fingerprint density at radius 3 is 2.17 bits per heavy atom. The van der Waals surface area contributed by atoms with Crippen LogP contribution in [0, 0.1) is 11.3 Å². The number of nitrogens with zero attached hydrogens (tertiary/aromatic N) is 1. The molecule has 0 aliphatic carbocycles. The van der Waals surface area contributed by atoms with Crippen molar-refractivity contribution in [2.24, 2.45) is 5.73 Å². The van der Waals surface area contributed by atoms with Gasteiger partial charge >= 0.3 is 0 Å². The smallest absolute Gasteiger partial charge is 0.202 e. The highest BCUT2D eigenvalue weighted by Crippen LogP contribution is 2.57. The second-order valence-electron chi connectivity index (χ2n) is 4.80. The highest BCUT2D eigenvalue weighted by molar-refractivity contribution is 7.60. The third-order valence-electron chi connectivity index (χ3n) is 2.69. The SMILES string of the molecule is CC(C)P(C(C)C)[C@](O)(OCCC#N)C(N)CO. The third-order valence-corrected chi connectivity index (χ3v) is 6.12. The molecule has 0 saturated carbocycles. The summed E-state index contributed by atoms with van der Waals surface area (Å²) in [5.74, 6) is 0. The van der Waals surface area contributed by atoms with E-state index in [-0.39, 0.29) is 31.0 Å². The first-order chi connectivity index (χ1) is 8.31. The minimum atomic E-state index is -1.54. The van der Waals surface area contributed by atoms with Crippen LogP contribution in [0.3, 0.4) is 0 Å². The molecule has 5 nitrogen and oxygen atoms in total. The van der Waals surface area contributed by atoms with E-state index in [1.807, 2.05) is 33.8 Å². The van der Waals surface area contributed by atoms with Gasteiger partial charge in [0, 0.05) is 0 Å². The van der Waals surface area contributed by atoms with Crippen molar-refractivity contribution < 1.29 is 14.9 Å². The highest BCUT2D eigenvalue weighted by Gasteiger charge is 2.45. The lowest BCUT2D eigenvalue weighted by Crippen LogP contribution is -2.53. The van der Waals surface area contributed by atoms with Crippen molar-refractivity contribution in [2.45, 2.75) is 57.0 Å². The summed E-state index contributed by atoms with van der Waals surface area (Å²) >= 11 is 0. The number of aliphatic hydroxyl groups excluding tert-OH is 1. The van der Waals surface area contributed by atoms with Gasteiger partial charge in [0.15, 0.2) is 0 Å². The molecule has 0 fully saturated rings. The number of nitriles is 1. The van der Waals surface area contributed by atoms with Crippen molar-refractivity contribution in [3.63, 3.8) is 0 Å². The molecule has 18 heavy (non-hydrogen) atoms. The molecular weight excluding hydrogens is 251 g/mol. The van der Waals surface area contributed by atoms with Gasteiger partial charge in [-0.1, -0.05) is 27.7 Å². The fourth-order valence-corrected chi connectivity index (χ4v) is 5.45. The molecule has 0 spiro atoms. The van der Waals surface area contributed by atoms with E-state index < -0.39 is 19.5 Å². The van der Waals surface area contributed by atoms with Gasteiger partial charge in [-0.25, -0.2) is 0 Å². The van der Waals surface area contributed by atoms with Crippen molar-refractivity contribution in [1.82, 2.24) is 0 Å². The van der Waals surface area contributed by atoms with E-state index in [2.05, 4.69) is 0 Å². The minimum Gasteiger partial charge on any atom is -0.395 e. The molecule has 2 atom stereocenters. The number of hydrogen-bond acceptors (Lipinski definition) is 5. The monoisotopic (exact) mass is 276 g/mol. The van der Waals surface area contributed by atoms with Crippen molar-refractivity contribution in [1.29, 1.82) is 5.26 Å². The van der Waals surface area contributed by atoms with Gasteiger partial charge in [0.25, 0.3) is 0 Å². The molecule has 1 unspecified atom stereocenters. The summed E-state index contributed by atoms with van der Waals surface area (Å²) in [4.78, 5) is 0. The Morgan fingerprint density at radius 1 is 1.33 bits per heavy atom. The molecule has 0 radical (unpaired) electrons. The lowest BCUT2D eigenvalue weighted by atomic mass is 10.3. The number of ether oxygens (including phenoxy) is 1. The third kappa shape index (κ3) is 4.46. The molecule has 0 amide bonds. The molecular formula is C12H25N2O3P. The molecule has 0 aliphatic heterocycles. The van der Waals surface area contributed by atoms with Gasteiger partial charge in [-0.05, 0) is 19.2 Å². The summed E-state index contributed by atoms with van der Waals surface area (Å²) in [5.41, 5.74) is 4.71. The van der Waals surface area contributed by atoms with Gasteiger partial charge in [0.1, 0.15) is 0 Å². The summed E-state index contributed by atoms with van der Waals surface area (Å²) in [6, 6.07) is 1.11. The molecule has 0 rings (SSSR count). The zero-order valence-electron chi connectivity index (χ0n) is 11.6. The second-order valence-corrected chi connectivity index (χ2v) is 8.32. The maximum Gasteiger partial charge on any atom is 0.202 e. The van der Waals surface area contributed by atoms with E-state index in [0.717, 1.165) is 0 Å². The zero-order chi connectivity index (χ0) is 14.3. The van der Waals surface area contributed by atoms with E-state index in [4.69, 9.17) is 15.7 Å². The van der Waals surface area contributed by atoms with Crippen molar-refractivity contribution in [3.8, 4) is 6.07 Å². The van der Waals surface area contributed by atoms with Crippen LogP contribution < -0.4 is 5.73 Å². The largest absolute Gasteiger partial charge is 0.395 e. The topological polar surface area (TPSA) is 99.5 Å². The minimum absolute atomic E-state index is 0.124. The first-order valence-electron chi connectivity index (χ1n) is 6.19. The summed E-state index contributed by atoms with van der Waals surface area (Å²) in [6.07, 6.45) is 0.194. The molecule has 0 aromatic carbocycles. The maximum atomic E-state index is 10.7. The average molecular weight is 276 g/mol. The molecule has 4 N–H and O–H groups in total. The summed E-state index contributed by atoms with van der Waals surface area (Å²) < 4.78 is 5.48. The van der Waals surface area contributed by atoms with Crippen LogP contribution >= 0.6 is 7.92 Å². The number of nitrogens with two attached hydrogens (primary N) is 1. The summed E-state index contributed by atoms with van der Waals surface area (Å²) in [7, 11) is -0.947. The van der Waals surface area contributed by atoms with Crippen LogP contribution in [0.1, 0.15) is 34.1 Å². The van der Waals surface area contributed by atoms with Gasteiger partial charge in [0.2, 0.25) is 5.53 Å². The van der Waals surface area contributed by atoms with E-state index in [1.54, 1.807) is 0 Å². The Kier molecular flexibility index (Phi) is 7.93. The molecule has 0 bridgehead atoms. The van der Waals surface area contributed by atoms with Gasteiger partial charge in [-0.2, -0.15) is 5.26 Å². The number of rotatable bonds is 8. The molecule has 106 valence electrons. The van der Waals surface area contributed by atoms with Crippen LogP contribution in [0.2, 0.25) is 0 Å². The normalized spacial score (nSPS) is 16.9. The van der Waals surface area contributed by atoms with Crippen LogP contribution in [0.15, 0.2) is 0 Å². The van der Waals surface area contributed by atoms with Crippen LogP contribution in [-0.4, -0.2) is 46.3 Å². The van der Waals surface area contributed by atoms with Gasteiger partial charge in [-0.3, -0.25) is 0 Å². The summed E-state index contributed by atoms with van der Waals surface area (Å²) in [6.45, 7) is 7.81. The van der Waals surface area contributed by atoms with Crippen LogP contribution in [-0.2, 0) is 4.74 Å². The van der Waals surface area contributed by atoms with Crippen molar-refractivity contribution >= 4 is 7.92 Å². The summed E-state index contributed by atoms with van der Waals surface area (Å²) in [5, 5.41) is 28.5. The fourth-order valence-electron chi connectivity index (χ4n) is 2.08. The first-order valence-corrected chi connectivity index (χ1v) is 7.67. The predicted molar refractivity (Wildman–Crippen MR) is 73.4 cm³/mol. The Hall–Kier alpha value is -0.240. The number of hydrogen-bond donors (Lipinski definition) is 3. The molecule has 0 heterocycles. The first kappa shape index (κ1) is 17.8. The van der Waals surface area contributed by atoms with Crippen molar-refractivity contribution in [2.75, 3.05) is 13.2 Å². The Bertz CT molecular complexity index is 273. The standard InChI is InChI=1S/C12H25N2O3P/c1-9(2)18(10(3)4)12(16,11(14)8-15)17-7-5-6-13/h9-11,15-16H,5,7-8,14H2,1-4H3/t11?,12-/m1/s1. The van der Waals surface area contributed by atoms with E-state index in [1.165, 1.54) is 0 Å². The Balaban J connectivity index is 5.10. The Morgan fingerprint density at radius 2 is 1.83 bits per heavy atom. The average Bonchev–Trinajstić information content (AvgIpc) is 2.27. The van der Waals surface area contributed by atoms with E-state index in [0.29, 0.717) is 0 Å². The lowest BCUT2D eigenvalue weighted by molar-refractivity contribution is -0.155. The van der Waals surface area contributed by atoms with Gasteiger partial charge in [0.05, 0.1) is 31.7 Å².